The quantitative estimate of drug-likeness (QED) is 0.737. The first-order valence-corrected chi connectivity index (χ1v) is 9.23. The van der Waals surface area contributed by atoms with E-state index in [0.717, 1.165) is 4.90 Å². The van der Waals surface area contributed by atoms with Crippen LogP contribution in [0.4, 0.5) is 4.39 Å². The molecule has 0 radical (unpaired) electrons. The zero-order valence-electron chi connectivity index (χ0n) is 15.5. The highest BCUT2D eigenvalue weighted by molar-refractivity contribution is 6.22. The van der Waals surface area contributed by atoms with Crippen LogP contribution in [0.25, 0.3) is 0 Å². The first kappa shape index (κ1) is 18.8. The molecule has 7 nitrogen and oxygen atoms in total. The predicted octanol–water partition coefficient (Wildman–Crippen LogP) is 1.41. The number of fused-ring (bicyclic) bond motifs is 1. The summed E-state index contributed by atoms with van der Waals surface area (Å²) in [6.45, 7) is 0.927. The maximum Gasteiger partial charge on any atom is 0.262 e. The first-order valence-electron chi connectivity index (χ1n) is 9.23. The van der Waals surface area contributed by atoms with Crippen LogP contribution < -0.4 is 0 Å². The average molecular weight is 395 g/mol. The number of hydrogen-bond donors (Lipinski definition) is 0. The maximum absolute atomic E-state index is 13.0. The van der Waals surface area contributed by atoms with E-state index in [4.69, 9.17) is 0 Å². The second-order valence-corrected chi connectivity index (χ2v) is 6.92. The summed E-state index contributed by atoms with van der Waals surface area (Å²) < 4.78 is 13.0. The van der Waals surface area contributed by atoms with Crippen molar-refractivity contribution in [3.05, 3.63) is 71.0 Å². The molecule has 0 unspecified atom stereocenters. The van der Waals surface area contributed by atoms with Crippen molar-refractivity contribution in [2.45, 2.75) is 0 Å². The van der Waals surface area contributed by atoms with Crippen LogP contribution in [0.1, 0.15) is 31.1 Å². The molecule has 0 atom stereocenters. The van der Waals surface area contributed by atoms with Crippen molar-refractivity contribution in [1.29, 1.82) is 0 Å². The number of amides is 4. The van der Waals surface area contributed by atoms with Gasteiger partial charge in [0.25, 0.3) is 17.7 Å². The minimum Gasteiger partial charge on any atom is -0.338 e. The zero-order chi connectivity index (χ0) is 20.5. The number of nitrogens with zero attached hydrogens (tertiary/aromatic N) is 3. The van der Waals surface area contributed by atoms with Crippen LogP contribution in [-0.2, 0) is 4.79 Å². The van der Waals surface area contributed by atoms with Crippen LogP contribution in [0.15, 0.2) is 48.5 Å². The topological polar surface area (TPSA) is 78.0 Å². The van der Waals surface area contributed by atoms with E-state index < -0.39 is 17.6 Å². The van der Waals surface area contributed by atoms with Gasteiger partial charge in [0, 0.05) is 31.7 Å². The van der Waals surface area contributed by atoms with Gasteiger partial charge in [-0.2, -0.15) is 0 Å². The molecule has 2 aliphatic heterocycles. The number of rotatable bonds is 3. The van der Waals surface area contributed by atoms with Crippen molar-refractivity contribution in [3.8, 4) is 0 Å². The fraction of sp³-hybridized carbons (Fsp3) is 0.238. The molecule has 4 amide bonds. The third kappa shape index (κ3) is 3.49. The van der Waals surface area contributed by atoms with E-state index in [1.165, 1.54) is 29.2 Å². The van der Waals surface area contributed by atoms with Crippen LogP contribution in [0.5, 0.6) is 0 Å². The van der Waals surface area contributed by atoms with Gasteiger partial charge in [-0.15, -0.1) is 0 Å². The van der Waals surface area contributed by atoms with Gasteiger partial charge in [0.2, 0.25) is 5.91 Å². The highest BCUT2D eigenvalue weighted by Crippen LogP contribution is 2.22. The van der Waals surface area contributed by atoms with E-state index in [9.17, 15) is 23.6 Å². The number of benzene rings is 2. The zero-order valence-corrected chi connectivity index (χ0v) is 15.5. The molecule has 29 heavy (non-hydrogen) atoms. The molecule has 0 aromatic heterocycles. The molecule has 4 rings (SSSR count). The van der Waals surface area contributed by atoms with Crippen molar-refractivity contribution in [3.63, 3.8) is 0 Å². The van der Waals surface area contributed by atoms with E-state index in [-0.39, 0.29) is 18.4 Å². The van der Waals surface area contributed by atoms with Crippen molar-refractivity contribution in [2.24, 2.45) is 0 Å². The lowest BCUT2D eigenvalue weighted by molar-refractivity contribution is -0.132. The Hall–Kier alpha value is -3.55. The monoisotopic (exact) mass is 395 g/mol. The van der Waals surface area contributed by atoms with Gasteiger partial charge in [-0.05, 0) is 36.4 Å². The Morgan fingerprint density at radius 3 is 1.86 bits per heavy atom. The molecule has 8 heteroatoms. The molecule has 0 spiro atoms. The van der Waals surface area contributed by atoms with Crippen molar-refractivity contribution in [2.75, 3.05) is 32.7 Å². The van der Waals surface area contributed by atoms with Crippen molar-refractivity contribution in [1.82, 2.24) is 14.7 Å². The number of carbonyl (C=O) groups excluding carboxylic acids is 4. The van der Waals surface area contributed by atoms with E-state index in [1.54, 1.807) is 29.2 Å². The largest absolute Gasteiger partial charge is 0.338 e. The molecule has 1 saturated heterocycles. The Labute approximate surface area is 166 Å². The summed E-state index contributed by atoms with van der Waals surface area (Å²) in [7, 11) is 0. The van der Waals surface area contributed by atoms with Gasteiger partial charge in [0.05, 0.1) is 11.1 Å². The first-order chi connectivity index (χ1) is 14.0. The fourth-order valence-electron chi connectivity index (χ4n) is 3.55. The Balaban J connectivity index is 1.35. The summed E-state index contributed by atoms with van der Waals surface area (Å²) in [6.07, 6.45) is 0. The van der Waals surface area contributed by atoms with Crippen molar-refractivity contribution < 1.29 is 23.6 Å². The van der Waals surface area contributed by atoms with Gasteiger partial charge < -0.3 is 9.80 Å². The Morgan fingerprint density at radius 2 is 1.31 bits per heavy atom. The van der Waals surface area contributed by atoms with Gasteiger partial charge in [-0.25, -0.2) is 4.39 Å². The molecule has 2 aromatic rings. The number of carbonyl (C=O) groups is 4. The van der Waals surface area contributed by atoms with E-state index >= 15 is 0 Å². The van der Waals surface area contributed by atoms with Crippen LogP contribution in [0.3, 0.4) is 0 Å². The summed E-state index contributed by atoms with van der Waals surface area (Å²) in [6, 6.07) is 11.8. The van der Waals surface area contributed by atoms with Gasteiger partial charge in [0.1, 0.15) is 12.4 Å². The van der Waals surface area contributed by atoms with Crippen molar-refractivity contribution >= 4 is 23.6 Å². The highest BCUT2D eigenvalue weighted by atomic mass is 19.1. The Morgan fingerprint density at radius 1 is 0.793 bits per heavy atom. The Bertz CT molecular complexity index is 962. The second-order valence-electron chi connectivity index (χ2n) is 6.92. The minimum absolute atomic E-state index is 0.225. The molecule has 0 aliphatic carbocycles. The molecule has 0 N–H and O–H groups in total. The SMILES string of the molecule is O=C(CN1C(=O)c2ccccc2C1=O)N1CCN(C(=O)c2ccc(F)cc2)CC1. The molecule has 0 saturated carbocycles. The lowest BCUT2D eigenvalue weighted by Crippen LogP contribution is -2.53. The standard InChI is InChI=1S/C21H18FN3O4/c22-15-7-5-14(6-8-15)19(27)24-11-9-23(10-12-24)18(26)13-25-20(28)16-3-1-2-4-17(16)21(25)29/h1-8H,9-13H2. The third-order valence-electron chi connectivity index (χ3n) is 5.18. The van der Waals surface area contributed by atoms with Gasteiger partial charge in [0.15, 0.2) is 0 Å². The number of halogens is 1. The molecule has 0 bridgehead atoms. The Kier molecular flexibility index (Phi) is 4.84. The van der Waals surface area contributed by atoms with Gasteiger partial charge in [-0.3, -0.25) is 24.1 Å². The number of hydrogen-bond acceptors (Lipinski definition) is 4. The van der Waals surface area contributed by atoms with Crippen LogP contribution in [0, 0.1) is 5.82 Å². The minimum atomic E-state index is -0.468. The molecule has 2 heterocycles. The summed E-state index contributed by atoms with van der Waals surface area (Å²) in [5.41, 5.74) is 0.997. The summed E-state index contributed by atoms with van der Waals surface area (Å²) in [5.74, 6) is -1.91. The van der Waals surface area contributed by atoms with Crippen LogP contribution >= 0.6 is 0 Å². The van der Waals surface area contributed by atoms with Crippen LogP contribution in [0.2, 0.25) is 0 Å². The van der Waals surface area contributed by atoms with E-state index in [2.05, 4.69) is 0 Å². The van der Waals surface area contributed by atoms with Gasteiger partial charge >= 0.3 is 0 Å². The summed E-state index contributed by atoms with van der Waals surface area (Å²) in [4.78, 5) is 54.0. The van der Waals surface area contributed by atoms with E-state index in [1.807, 2.05) is 0 Å². The summed E-state index contributed by atoms with van der Waals surface area (Å²) >= 11 is 0. The molecular formula is C21H18FN3O4. The maximum atomic E-state index is 13.0. The molecule has 2 aliphatic rings. The second kappa shape index (κ2) is 7.46. The normalized spacial score (nSPS) is 16.2. The average Bonchev–Trinajstić information content (AvgIpc) is 2.99. The van der Waals surface area contributed by atoms with Crippen LogP contribution in [-0.4, -0.2) is 71.1 Å². The molecular weight excluding hydrogens is 377 g/mol. The fourth-order valence-corrected chi connectivity index (χ4v) is 3.55. The van der Waals surface area contributed by atoms with Gasteiger partial charge in [-0.1, -0.05) is 12.1 Å². The summed E-state index contributed by atoms with van der Waals surface area (Å²) in [5, 5.41) is 0. The third-order valence-corrected chi connectivity index (χ3v) is 5.18. The lowest BCUT2D eigenvalue weighted by Gasteiger charge is -2.35. The molecule has 1 fully saturated rings. The predicted molar refractivity (Wildman–Crippen MR) is 101 cm³/mol. The molecule has 148 valence electrons. The number of piperazine rings is 1. The number of imide groups is 1. The lowest BCUT2D eigenvalue weighted by atomic mass is 10.1. The van der Waals surface area contributed by atoms with E-state index in [0.29, 0.717) is 42.9 Å². The smallest absolute Gasteiger partial charge is 0.262 e. The molecule has 2 aromatic carbocycles. The highest BCUT2D eigenvalue weighted by Gasteiger charge is 2.37.